The molecule has 0 spiro atoms. The number of carbonyl (C=O) groups is 2. The molecule has 0 atom stereocenters. The van der Waals surface area contributed by atoms with Gasteiger partial charge >= 0.3 is 5.97 Å². The zero-order valence-electron chi connectivity index (χ0n) is 13.0. The number of likely N-dealkylation sites (N-methyl/N-ethyl adjacent to an activating group) is 1. The average molecular weight is 356 g/mol. The number of halogens is 1. The fraction of sp³-hybridized carbons (Fsp3) is 0.500. The summed E-state index contributed by atoms with van der Waals surface area (Å²) in [6.45, 7) is 6.07. The molecule has 1 aromatic rings. The molecule has 5 heteroatoms. The van der Waals surface area contributed by atoms with E-state index in [4.69, 9.17) is 4.74 Å². The normalized spacial score (nSPS) is 11.5. The van der Waals surface area contributed by atoms with Gasteiger partial charge in [-0.1, -0.05) is 34.1 Å². The zero-order valence-corrected chi connectivity index (χ0v) is 14.6. The Morgan fingerprint density at radius 1 is 1.29 bits per heavy atom. The van der Waals surface area contributed by atoms with Gasteiger partial charge in [0.1, 0.15) is 5.41 Å². The van der Waals surface area contributed by atoms with Crippen LogP contribution in [-0.2, 0) is 20.9 Å². The summed E-state index contributed by atoms with van der Waals surface area (Å²) in [5, 5.41) is 0. The first kappa shape index (κ1) is 17.9. The Balaban J connectivity index is 2.66. The summed E-state index contributed by atoms with van der Waals surface area (Å²) in [7, 11) is 1.86. The largest absolute Gasteiger partial charge is 0.465 e. The Hall–Kier alpha value is -1.20. The molecule has 4 nitrogen and oxygen atoms in total. The van der Waals surface area contributed by atoms with Crippen LogP contribution in [0.15, 0.2) is 28.7 Å². The molecule has 0 aliphatic heterocycles. The van der Waals surface area contributed by atoms with Gasteiger partial charge in [0, 0.05) is 11.0 Å². The lowest BCUT2D eigenvalue weighted by atomic mass is 9.88. The van der Waals surface area contributed by atoms with E-state index in [1.165, 1.54) is 0 Å². The molecule has 0 unspecified atom stereocenters. The van der Waals surface area contributed by atoms with Gasteiger partial charge in [-0.2, -0.15) is 0 Å². The molecule has 0 amide bonds. The van der Waals surface area contributed by atoms with Crippen LogP contribution in [-0.4, -0.2) is 36.9 Å². The number of nitrogens with zero attached hydrogens (tertiary/aromatic N) is 1. The fourth-order valence-electron chi connectivity index (χ4n) is 1.84. The predicted octanol–water partition coefficient (Wildman–Crippen LogP) is 3.04. The lowest BCUT2D eigenvalue weighted by molar-refractivity contribution is -0.158. The van der Waals surface area contributed by atoms with Crippen molar-refractivity contribution in [2.24, 2.45) is 5.41 Å². The maximum absolute atomic E-state index is 12.3. The summed E-state index contributed by atoms with van der Waals surface area (Å²) in [5.41, 5.74) is -0.0141. The summed E-state index contributed by atoms with van der Waals surface area (Å²) >= 11 is 3.49. The lowest BCUT2D eigenvalue weighted by Crippen LogP contribution is -2.41. The maximum Gasteiger partial charge on any atom is 0.319 e. The molecule has 0 bridgehead atoms. The molecule has 0 aliphatic carbocycles. The molecule has 1 rings (SSSR count). The van der Waals surface area contributed by atoms with Crippen LogP contribution in [0.5, 0.6) is 0 Å². The molecular formula is C16H22BrNO3. The molecule has 0 fully saturated rings. The zero-order chi connectivity index (χ0) is 16.0. The van der Waals surface area contributed by atoms with E-state index in [2.05, 4.69) is 15.9 Å². The quantitative estimate of drug-likeness (QED) is 0.557. The van der Waals surface area contributed by atoms with Gasteiger partial charge in [0.05, 0.1) is 13.2 Å². The molecule has 0 saturated carbocycles. The first-order chi connectivity index (χ1) is 9.78. The Labute approximate surface area is 134 Å². The molecule has 0 radical (unpaired) electrons. The third-order valence-electron chi connectivity index (χ3n) is 3.29. The van der Waals surface area contributed by atoms with Crippen LogP contribution in [0.25, 0.3) is 0 Å². The van der Waals surface area contributed by atoms with Crippen LogP contribution in [0.1, 0.15) is 26.3 Å². The molecule has 116 valence electrons. The number of hydrogen-bond donors (Lipinski definition) is 0. The van der Waals surface area contributed by atoms with E-state index in [1.54, 1.807) is 20.8 Å². The van der Waals surface area contributed by atoms with Crippen LogP contribution < -0.4 is 0 Å². The number of ketones is 1. The summed E-state index contributed by atoms with van der Waals surface area (Å²) in [6.07, 6.45) is 0. The molecular weight excluding hydrogens is 334 g/mol. The second kappa shape index (κ2) is 7.71. The second-order valence-corrected chi connectivity index (χ2v) is 6.39. The maximum atomic E-state index is 12.3. The number of hydrogen-bond acceptors (Lipinski definition) is 4. The minimum atomic E-state index is -1.11. The number of rotatable bonds is 7. The smallest absolute Gasteiger partial charge is 0.319 e. The van der Waals surface area contributed by atoms with Gasteiger partial charge in [0.25, 0.3) is 0 Å². The van der Waals surface area contributed by atoms with Crippen molar-refractivity contribution in [3.63, 3.8) is 0 Å². The molecule has 0 heterocycles. The van der Waals surface area contributed by atoms with Gasteiger partial charge in [-0.05, 0) is 39.4 Å². The third-order valence-corrected chi connectivity index (χ3v) is 4.07. The Kier molecular flexibility index (Phi) is 6.55. The summed E-state index contributed by atoms with van der Waals surface area (Å²) in [4.78, 5) is 26.0. The molecule has 0 N–H and O–H groups in total. The molecule has 0 aliphatic rings. The van der Waals surface area contributed by atoms with Gasteiger partial charge in [0.15, 0.2) is 5.78 Å². The van der Waals surface area contributed by atoms with Gasteiger partial charge < -0.3 is 4.74 Å². The van der Waals surface area contributed by atoms with E-state index in [1.807, 2.05) is 36.2 Å². The van der Waals surface area contributed by atoms with Crippen molar-refractivity contribution in [2.45, 2.75) is 27.3 Å². The fourth-order valence-corrected chi connectivity index (χ4v) is 2.25. The number of benzene rings is 1. The van der Waals surface area contributed by atoms with Crippen molar-refractivity contribution in [3.05, 3.63) is 34.3 Å². The first-order valence-corrected chi connectivity index (χ1v) is 7.70. The first-order valence-electron chi connectivity index (χ1n) is 6.91. The number of carbonyl (C=O) groups excluding carboxylic acids is 2. The van der Waals surface area contributed by atoms with E-state index in [-0.39, 0.29) is 18.9 Å². The monoisotopic (exact) mass is 355 g/mol. The molecule has 1 aromatic carbocycles. The minimum absolute atomic E-state index is 0.143. The lowest BCUT2D eigenvalue weighted by Gasteiger charge is -2.24. The molecule has 0 aromatic heterocycles. The van der Waals surface area contributed by atoms with Crippen LogP contribution in [0.3, 0.4) is 0 Å². The highest BCUT2D eigenvalue weighted by Crippen LogP contribution is 2.21. The topological polar surface area (TPSA) is 46.6 Å². The minimum Gasteiger partial charge on any atom is -0.465 e. The van der Waals surface area contributed by atoms with Gasteiger partial charge in [-0.15, -0.1) is 0 Å². The van der Waals surface area contributed by atoms with Gasteiger partial charge in [-0.25, -0.2) is 0 Å². The Morgan fingerprint density at radius 3 is 2.48 bits per heavy atom. The predicted molar refractivity (Wildman–Crippen MR) is 85.9 cm³/mol. The highest BCUT2D eigenvalue weighted by molar-refractivity contribution is 9.10. The molecule has 0 saturated heterocycles. The van der Waals surface area contributed by atoms with Crippen molar-refractivity contribution in [1.82, 2.24) is 4.90 Å². The summed E-state index contributed by atoms with van der Waals surface area (Å²) in [5.74, 6) is -0.611. The van der Waals surface area contributed by atoms with E-state index < -0.39 is 11.4 Å². The number of Topliss-reactive ketones (excluding diaryl/α,β-unsaturated/α-hetero) is 1. The number of ether oxygens (including phenoxy) is 1. The van der Waals surface area contributed by atoms with Crippen molar-refractivity contribution in [2.75, 3.05) is 20.2 Å². The highest BCUT2D eigenvalue weighted by Gasteiger charge is 2.37. The average Bonchev–Trinajstić information content (AvgIpc) is 2.41. The Bertz CT molecular complexity index is 514. The second-order valence-electron chi connectivity index (χ2n) is 5.53. The Morgan fingerprint density at radius 2 is 1.90 bits per heavy atom. The van der Waals surface area contributed by atoms with Crippen LogP contribution in [0.4, 0.5) is 0 Å². The summed E-state index contributed by atoms with van der Waals surface area (Å²) < 4.78 is 5.97. The SMILES string of the molecule is CCOC(=O)C(C)(C)C(=O)CN(C)Cc1ccccc1Br. The van der Waals surface area contributed by atoms with Gasteiger partial charge in [-0.3, -0.25) is 14.5 Å². The van der Waals surface area contributed by atoms with Crippen LogP contribution in [0, 0.1) is 5.41 Å². The van der Waals surface area contributed by atoms with Crippen LogP contribution >= 0.6 is 15.9 Å². The van der Waals surface area contributed by atoms with Gasteiger partial charge in [0.2, 0.25) is 0 Å². The standard InChI is InChI=1S/C16H22BrNO3/c1-5-21-15(20)16(2,3)14(19)11-18(4)10-12-8-6-7-9-13(12)17/h6-9H,5,10-11H2,1-4H3. The van der Waals surface area contributed by atoms with Crippen molar-refractivity contribution >= 4 is 27.7 Å². The van der Waals surface area contributed by atoms with Crippen molar-refractivity contribution in [3.8, 4) is 0 Å². The van der Waals surface area contributed by atoms with Crippen molar-refractivity contribution in [1.29, 1.82) is 0 Å². The number of esters is 1. The van der Waals surface area contributed by atoms with E-state index in [9.17, 15) is 9.59 Å². The summed E-state index contributed by atoms with van der Waals surface area (Å²) in [6, 6.07) is 7.87. The highest BCUT2D eigenvalue weighted by atomic mass is 79.9. The van der Waals surface area contributed by atoms with E-state index >= 15 is 0 Å². The van der Waals surface area contributed by atoms with Crippen LogP contribution in [0.2, 0.25) is 0 Å². The molecule has 21 heavy (non-hydrogen) atoms. The van der Waals surface area contributed by atoms with E-state index in [0.717, 1.165) is 10.0 Å². The third kappa shape index (κ3) is 4.93. The van der Waals surface area contributed by atoms with Crippen molar-refractivity contribution < 1.29 is 14.3 Å². The van der Waals surface area contributed by atoms with E-state index in [0.29, 0.717) is 6.54 Å².